The quantitative estimate of drug-likeness (QED) is 0.773. The highest BCUT2D eigenvalue weighted by Gasteiger charge is 2.53. The second kappa shape index (κ2) is 5.73. The molecule has 1 spiro atoms. The van der Waals surface area contributed by atoms with Crippen molar-refractivity contribution >= 4 is 26.9 Å². The summed E-state index contributed by atoms with van der Waals surface area (Å²) >= 11 is 0. The molecule has 3 N–H and O–H groups in total. The lowest BCUT2D eigenvalue weighted by atomic mass is 9.61. The van der Waals surface area contributed by atoms with E-state index in [1.807, 2.05) is 23.9 Å². The second-order valence-electron chi connectivity index (χ2n) is 7.30. The molecule has 2 aromatic rings. The number of hydrogen-bond donors (Lipinski definition) is 2. The van der Waals surface area contributed by atoms with E-state index in [-0.39, 0.29) is 11.5 Å². The first kappa shape index (κ1) is 17.4. The fourth-order valence-corrected chi connectivity index (χ4v) is 4.90. The molecule has 2 fully saturated rings. The zero-order chi connectivity index (χ0) is 18.7. The fraction of sp³-hybridized carbons (Fsp3) is 0.562. The monoisotopic (exact) mass is 381 g/mol. The molecule has 4 rings (SSSR count). The third kappa shape index (κ3) is 2.78. The Kier molecular flexibility index (Phi) is 3.83. The van der Waals surface area contributed by atoms with Crippen molar-refractivity contribution in [1.82, 2.24) is 14.5 Å². The van der Waals surface area contributed by atoms with Gasteiger partial charge in [-0.3, -0.25) is 4.68 Å². The number of rotatable bonds is 5. The highest BCUT2D eigenvalue weighted by atomic mass is 32.2. The molecule has 1 saturated heterocycles. The van der Waals surface area contributed by atoms with Crippen molar-refractivity contribution in [3.63, 3.8) is 0 Å². The molecule has 0 unspecified atom stereocenters. The van der Waals surface area contributed by atoms with Crippen LogP contribution in [0.2, 0.25) is 0 Å². The Morgan fingerprint density at radius 1 is 1.23 bits per heavy atom. The van der Waals surface area contributed by atoms with E-state index < -0.39 is 10.2 Å². The Bertz CT molecular complexity index is 957. The van der Waals surface area contributed by atoms with E-state index in [0.29, 0.717) is 11.5 Å². The van der Waals surface area contributed by atoms with Crippen molar-refractivity contribution in [1.29, 1.82) is 0 Å². The van der Waals surface area contributed by atoms with Crippen LogP contribution in [0.1, 0.15) is 12.8 Å². The molecule has 1 aromatic carbocycles. The third-order valence-corrected chi connectivity index (χ3v) is 6.04. The maximum Gasteiger partial charge on any atom is 0.274 e. The van der Waals surface area contributed by atoms with Gasteiger partial charge in [0.25, 0.3) is 10.2 Å². The van der Waals surface area contributed by atoms with Crippen LogP contribution < -0.4 is 24.2 Å². The minimum atomic E-state index is -3.63. The number of hydrogen-bond acceptors (Lipinski definition) is 6. The van der Waals surface area contributed by atoms with Crippen LogP contribution in [0.15, 0.2) is 12.1 Å². The van der Waals surface area contributed by atoms with Gasteiger partial charge in [0.2, 0.25) is 0 Å². The van der Waals surface area contributed by atoms with Crippen LogP contribution >= 0.6 is 0 Å². The maximum atomic E-state index is 11.1. The number of benzene rings is 1. The summed E-state index contributed by atoms with van der Waals surface area (Å²) in [7, 11) is 1.51. The van der Waals surface area contributed by atoms with Gasteiger partial charge in [-0.15, -0.1) is 0 Å². The van der Waals surface area contributed by atoms with Gasteiger partial charge in [0.05, 0.1) is 19.7 Å². The zero-order valence-electron chi connectivity index (χ0n) is 15.0. The van der Waals surface area contributed by atoms with E-state index >= 15 is 0 Å². The molecule has 0 amide bonds. The Balaban J connectivity index is 1.53. The summed E-state index contributed by atoms with van der Waals surface area (Å²) in [6, 6.07) is 3.82. The number of fused-ring (bicyclic) bond motifs is 1. The van der Waals surface area contributed by atoms with Crippen molar-refractivity contribution in [3.05, 3.63) is 12.1 Å². The molecule has 142 valence electrons. The molecule has 1 aromatic heterocycles. The van der Waals surface area contributed by atoms with Crippen LogP contribution in [-0.2, 0) is 17.3 Å². The van der Waals surface area contributed by atoms with Gasteiger partial charge in [-0.1, -0.05) is 0 Å². The molecule has 2 heterocycles. The average Bonchev–Trinajstić information content (AvgIpc) is 2.82. The van der Waals surface area contributed by atoms with Crippen molar-refractivity contribution in [2.45, 2.75) is 18.9 Å². The smallest absolute Gasteiger partial charge is 0.274 e. The Labute approximate surface area is 152 Å². The summed E-state index contributed by atoms with van der Waals surface area (Å²) < 4.78 is 37.3. The van der Waals surface area contributed by atoms with Gasteiger partial charge in [0.1, 0.15) is 0 Å². The lowest BCUT2D eigenvalue weighted by Gasteiger charge is -2.59. The van der Waals surface area contributed by atoms with Crippen molar-refractivity contribution in [2.75, 3.05) is 32.2 Å². The molecule has 2 aliphatic rings. The summed E-state index contributed by atoms with van der Waals surface area (Å²) in [5, 5.41) is 10.7. The lowest BCUT2D eigenvalue weighted by molar-refractivity contribution is 0.0585. The SMILES string of the molecule is COc1cc2c(N3CC4(CC(NS(N)(=O)=O)C4)C3)nn(C)c2cc1OC. The molecule has 0 radical (unpaired) electrons. The first-order valence-corrected chi connectivity index (χ1v) is 9.92. The highest BCUT2D eigenvalue weighted by Crippen LogP contribution is 2.50. The Morgan fingerprint density at radius 2 is 1.85 bits per heavy atom. The number of nitrogens with two attached hydrogens (primary N) is 1. The van der Waals surface area contributed by atoms with Crippen LogP contribution in [0.25, 0.3) is 10.9 Å². The standard InChI is InChI=1S/C16H23N5O4S/c1-20-12-5-14(25-3)13(24-2)4-11(12)15(18-20)21-8-16(9-21)6-10(7-16)19-26(17,22)23/h4-5,10,19H,6-9H2,1-3H3,(H2,17,22,23). The largest absolute Gasteiger partial charge is 0.493 e. The van der Waals surface area contributed by atoms with E-state index in [0.717, 1.165) is 42.7 Å². The average molecular weight is 381 g/mol. The summed E-state index contributed by atoms with van der Waals surface area (Å²) in [6.45, 7) is 1.71. The highest BCUT2D eigenvalue weighted by molar-refractivity contribution is 7.87. The summed E-state index contributed by atoms with van der Waals surface area (Å²) in [5.74, 6) is 2.26. The summed E-state index contributed by atoms with van der Waals surface area (Å²) in [6.07, 6.45) is 1.61. The minimum absolute atomic E-state index is 0.0584. The number of aryl methyl sites for hydroxylation is 1. The lowest BCUT2D eigenvalue weighted by Crippen LogP contribution is -2.67. The molecule has 1 aliphatic heterocycles. The van der Waals surface area contributed by atoms with Crippen molar-refractivity contribution in [2.24, 2.45) is 17.6 Å². The van der Waals surface area contributed by atoms with E-state index in [1.165, 1.54) is 0 Å². The van der Waals surface area contributed by atoms with Crippen molar-refractivity contribution < 1.29 is 17.9 Å². The van der Waals surface area contributed by atoms with Gasteiger partial charge >= 0.3 is 0 Å². The first-order chi connectivity index (χ1) is 12.2. The number of ether oxygens (including phenoxy) is 2. The number of aromatic nitrogens is 2. The Hall–Kier alpha value is -2.04. The Morgan fingerprint density at radius 3 is 2.42 bits per heavy atom. The molecule has 26 heavy (non-hydrogen) atoms. The van der Waals surface area contributed by atoms with Gasteiger partial charge in [0, 0.05) is 43.0 Å². The number of nitrogens with zero attached hydrogens (tertiary/aromatic N) is 3. The molecule has 10 heteroatoms. The fourth-order valence-electron chi connectivity index (χ4n) is 4.27. The van der Waals surface area contributed by atoms with Crippen LogP contribution in [0.3, 0.4) is 0 Å². The molecule has 0 atom stereocenters. The van der Waals surface area contributed by atoms with E-state index in [1.54, 1.807) is 14.2 Å². The molecule has 1 saturated carbocycles. The van der Waals surface area contributed by atoms with Crippen molar-refractivity contribution in [3.8, 4) is 11.5 Å². The van der Waals surface area contributed by atoms with Crippen LogP contribution in [0.4, 0.5) is 5.82 Å². The molecular formula is C16H23N5O4S. The normalized spacial score (nSPS) is 19.5. The topological polar surface area (TPSA) is 112 Å². The molecule has 1 aliphatic carbocycles. The minimum Gasteiger partial charge on any atom is -0.493 e. The van der Waals surface area contributed by atoms with Crippen LogP contribution in [0.5, 0.6) is 11.5 Å². The zero-order valence-corrected chi connectivity index (χ0v) is 15.8. The third-order valence-electron chi connectivity index (χ3n) is 5.38. The maximum absolute atomic E-state index is 11.1. The number of anilines is 1. The van der Waals surface area contributed by atoms with E-state index in [4.69, 9.17) is 14.6 Å². The second-order valence-corrected chi connectivity index (χ2v) is 8.62. The van der Waals surface area contributed by atoms with Crippen LogP contribution in [-0.4, -0.2) is 51.5 Å². The summed E-state index contributed by atoms with van der Waals surface area (Å²) in [5.41, 5.74) is 1.13. The summed E-state index contributed by atoms with van der Waals surface area (Å²) in [4.78, 5) is 2.22. The first-order valence-electron chi connectivity index (χ1n) is 8.37. The molecule has 0 bridgehead atoms. The predicted molar refractivity (Wildman–Crippen MR) is 97.7 cm³/mol. The number of nitrogens with one attached hydrogen (secondary N) is 1. The molecule has 9 nitrogen and oxygen atoms in total. The number of methoxy groups -OCH3 is 2. The van der Waals surface area contributed by atoms with Gasteiger partial charge < -0.3 is 14.4 Å². The predicted octanol–water partition coefficient (Wildman–Crippen LogP) is 0.352. The van der Waals surface area contributed by atoms with E-state index in [2.05, 4.69) is 14.7 Å². The van der Waals surface area contributed by atoms with Crippen LogP contribution in [0, 0.1) is 5.41 Å². The van der Waals surface area contributed by atoms with E-state index in [9.17, 15) is 8.42 Å². The van der Waals surface area contributed by atoms with Gasteiger partial charge in [-0.2, -0.15) is 18.2 Å². The van der Waals surface area contributed by atoms with Gasteiger partial charge in [-0.05, 0) is 18.9 Å². The molecular weight excluding hydrogens is 358 g/mol. The van der Waals surface area contributed by atoms with Gasteiger partial charge in [-0.25, -0.2) is 5.14 Å². The van der Waals surface area contributed by atoms with Gasteiger partial charge in [0.15, 0.2) is 17.3 Å².